The van der Waals surface area contributed by atoms with Crippen molar-refractivity contribution in [1.82, 2.24) is 4.98 Å². The quantitative estimate of drug-likeness (QED) is 0.798. The van der Waals surface area contributed by atoms with E-state index >= 15 is 0 Å². The molecule has 3 heteroatoms. The summed E-state index contributed by atoms with van der Waals surface area (Å²) >= 11 is 1.74. The Kier molecular flexibility index (Phi) is 4.14. The highest BCUT2D eigenvalue weighted by Crippen LogP contribution is 2.37. The minimum Gasteiger partial charge on any atom is -0.319 e. The van der Waals surface area contributed by atoms with Crippen molar-refractivity contribution in [3.8, 4) is 11.3 Å². The van der Waals surface area contributed by atoms with E-state index in [1.54, 1.807) is 11.3 Å². The first-order chi connectivity index (χ1) is 10.1. The molecule has 3 rings (SSSR count). The summed E-state index contributed by atoms with van der Waals surface area (Å²) in [6.07, 6.45) is 7.24. The van der Waals surface area contributed by atoms with Crippen molar-refractivity contribution < 1.29 is 0 Å². The average Bonchev–Trinajstić information content (AvgIpc) is 2.86. The van der Waals surface area contributed by atoms with E-state index in [-0.39, 0.29) is 5.54 Å². The van der Waals surface area contributed by atoms with Gasteiger partial charge in [0.1, 0.15) is 5.01 Å². The molecule has 21 heavy (non-hydrogen) atoms. The van der Waals surface area contributed by atoms with Crippen LogP contribution in [0.3, 0.4) is 0 Å². The van der Waals surface area contributed by atoms with Gasteiger partial charge in [0.05, 0.1) is 11.2 Å². The van der Waals surface area contributed by atoms with Gasteiger partial charge in [-0.1, -0.05) is 43.4 Å². The second-order valence-electron chi connectivity index (χ2n) is 6.43. The summed E-state index contributed by atoms with van der Waals surface area (Å²) in [5.74, 6) is 0. The van der Waals surface area contributed by atoms with Crippen LogP contribution in [0.25, 0.3) is 11.3 Å². The zero-order valence-electron chi connectivity index (χ0n) is 13.0. The first-order valence-corrected chi connectivity index (χ1v) is 8.79. The van der Waals surface area contributed by atoms with Crippen LogP contribution in [0.15, 0.2) is 23.6 Å². The van der Waals surface area contributed by atoms with Crippen LogP contribution in [-0.4, -0.2) is 4.98 Å². The minimum atomic E-state index is -0.197. The summed E-state index contributed by atoms with van der Waals surface area (Å²) in [5, 5.41) is 3.30. The van der Waals surface area contributed by atoms with Crippen LogP contribution >= 0.6 is 11.3 Å². The highest BCUT2D eigenvalue weighted by atomic mass is 32.1. The maximum atomic E-state index is 6.69. The van der Waals surface area contributed by atoms with Gasteiger partial charge < -0.3 is 5.73 Å². The van der Waals surface area contributed by atoms with Crippen molar-refractivity contribution in [1.29, 1.82) is 0 Å². The van der Waals surface area contributed by atoms with Crippen molar-refractivity contribution in [3.05, 3.63) is 39.7 Å². The third-order valence-corrected chi connectivity index (χ3v) is 5.66. The van der Waals surface area contributed by atoms with Gasteiger partial charge in [-0.25, -0.2) is 4.98 Å². The molecule has 2 nitrogen and oxygen atoms in total. The standard InChI is InChI=1S/C18H24N2S/c1-13-7-8-14(2)15(11-13)16-12-21-17(20-16)18(19)9-5-3-4-6-10-18/h7-8,11-12H,3-6,9-10,19H2,1-2H3. The molecule has 2 N–H and O–H groups in total. The van der Waals surface area contributed by atoms with Crippen LogP contribution in [0.1, 0.15) is 54.7 Å². The number of nitrogens with zero attached hydrogens (tertiary/aromatic N) is 1. The van der Waals surface area contributed by atoms with Gasteiger partial charge in [0, 0.05) is 10.9 Å². The number of thiazole rings is 1. The lowest BCUT2D eigenvalue weighted by atomic mass is 9.92. The van der Waals surface area contributed by atoms with Crippen molar-refractivity contribution in [2.75, 3.05) is 0 Å². The van der Waals surface area contributed by atoms with Gasteiger partial charge in [-0.05, 0) is 38.3 Å². The van der Waals surface area contributed by atoms with E-state index in [0.717, 1.165) is 23.5 Å². The van der Waals surface area contributed by atoms with Crippen LogP contribution in [0.4, 0.5) is 0 Å². The zero-order chi connectivity index (χ0) is 14.9. The molecule has 0 saturated heterocycles. The van der Waals surface area contributed by atoms with Crippen molar-refractivity contribution in [2.24, 2.45) is 5.73 Å². The minimum absolute atomic E-state index is 0.197. The molecule has 1 saturated carbocycles. The van der Waals surface area contributed by atoms with E-state index in [1.807, 2.05) is 0 Å². The number of nitrogens with two attached hydrogens (primary N) is 1. The number of aryl methyl sites for hydroxylation is 2. The van der Waals surface area contributed by atoms with Crippen LogP contribution in [0, 0.1) is 13.8 Å². The number of rotatable bonds is 2. The van der Waals surface area contributed by atoms with Crippen molar-refractivity contribution in [2.45, 2.75) is 57.9 Å². The lowest BCUT2D eigenvalue weighted by Gasteiger charge is -2.25. The molecule has 0 unspecified atom stereocenters. The molecule has 1 aliphatic carbocycles. The average molecular weight is 300 g/mol. The molecule has 1 heterocycles. The molecule has 1 aromatic heterocycles. The fourth-order valence-electron chi connectivity index (χ4n) is 3.21. The molecule has 1 fully saturated rings. The maximum absolute atomic E-state index is 6.69. The van der Waals surface area contributed by atoms with Gasteiger partial charge in [-0.3, -0.25) is 0 Å². The molecule has 112 valence electrons. The molecular formula is C18H24N2S. The van der Waals surface area contributed by atoms with Gasteiger partial charge in [0.25, 0.3) is 0 Å². The molecule has 0 amide bonds. The number of aromatic nitrogens is 1. The molecule has 0 aliphatic heterocycles. The Morgan fingerprint density at radius 1 is 1.10 bits per heavy atom. The van der Waals surface area contributed by atoms with Gasteiger partial charge >= 0.3 is 0 Å². The zero-order valence-corrected chi connectivity index (χ0v) is 13.8. The molecule has 1 aromatic carbocycles. The van der Waals surface area contributed by atoms with Crippen molar-refractivity contribution >= 4 is 11.3 Å². The molecule has 1 aliphatic rings. The monoisotopic (exact) mass is 300 g/mol. The Hall–Kier alpha value is -1.19. The smallest absolute Gasteiger partial charge is 0.113 e. The first kappa shape index (κ1) is 14.7. The Morgan fingerprint density at radius 3 is 2.52 bits per heavy atom. The normalized spacial score (nSPS) is 18.4. The summed E-state index contributed by atoms with van der Waals surface area (Å²) in [5.41, 5.74) is 11.4. The predicted octanol–water partition coefficient (Wildman–Crippen LogP) is 4.94. The lowest BCUT2D eigenvalue weighted by Crippen LogP contribution is -2.35. The Bertz CT molecular complexity index is 622. The van der Waals surface area contributed by atoms with Gasteiger partial charge in [0.15, 0.2) is 0 Å². The number of hydrogen-bond acceptors (Lipinski definition) is 3. The van der Waals surface area contributed by atoms with Gasteiger partial charge in [-0.2, -0.15) is 0 Å². The fourth-order valence-corrected chi connectivity index (χ4v) is 4.20. The summed E-state index contributed by atoms with van der Waals surface area (Å²) in [6.45, 7) is 4.28. The summed E-state index contributed by atoms with van der Waals surface area (Å²) < 4.78 is 0. The molecule has 2 aromatic rings. The molecule has 0 bridgehead atoms. The summed E-state index contributed by atoms with van der Waals surface area (Å²) in [7, 11) is 0. The lowest BCUT2D eigenvalue weighted by molar-refractivity contribution is 0.384. The fraction of sp³-hybridized carbons (Fsp3) is 0.500. The summed E-state index contributed by atoms with van der Waals surface area (Å²) in [6, 6.07) is 6.56. The molecular weight excluding hydrogens is 276 g/mol. The third kappa shape index (κ3) is 3.04. The van der Waals surface area contributed by atoms with Crippen LogP contribution < -0.4 is 5.73 Å². The van der Waals surface area contributed by atoms with E-state index in [1.165, 1.54) is 42.4 Å². The van der Waals surface area contributed by atoms with Crippen LogP contribution in [-0.2, 0) is 5.54 Å². The maximum Gasteiger partial charge on any atom is 0.113 e. The highest BCUT2D eigenvalue weighted by molar-refractivity contribution is 7.10. The Morgan fingerprint density at radius 2 is 1.81 bits per heavy atom. The Balaban J connectivity index is 1.94. The van der Waals surface area contributed by atoms with E-state index < -0.39 is 0 Å². The molecule has 0 spiro atoms. The topological polar surface area (TPSA) is 38.9 Å². The van der Waals surface area contributed by atoms with E-state index in [9.17, 15) is 0 Å². The van der Waals surface area contributed by atoms with Crippen LogP contribution in [0.5, 0.6) is 0 Å². The van der Waals surface area contributed by atoms with Crippen LogP contribution in [0.2, 0.25) is 0 Å². The van der Waals surface area contributed by atoms with Gasteiger partial charge in [0.2, 0.25) is 0 Å². The first-order valence-electron chi connectivity index (χ1n) is 7.91. The SMILES string of the molecule is Cc1ccc(C)c(-c2csc(C3(N)CCCCCC3)n2)c1. The third-order valence-electron chi connectivity index (χ3n) is 4.59. The molecule has 0 radical (unpaired) electrons. The number of benzene rings is 1. The highest BCUT2D eigenvalue weighted by Gasteiger charge is 2.31. The largest absolute Gasteiger partial charge is 0.319 e. The van der Waals surface area contributed by atoms with E-state index in [4.69, 9.17) is 10.7 Å². The molecule has 0 atom stereocenters. The van der Waals surface area contributed by atoms with Gasteiger partial charge in [-0.15, -0.1) is 11.3 Å². The predicted molar refractivity (Wildman–Crippen MR) is 90.6 cm³/mol. The second-order valence-corrected chi connectivity index (χ2v) is 7.28. The Labute approximate surface area is 131 Å². The summed E-state index contributed by atoms with van der Waals surface area (Å²) in [4.78, 5) is 4.91. The second kappa shape index (κ2) is 5.90. The van der Waals surface area contributed by atoms with Crippen molar-refractivity contribution in [3.63, 3.8) is 0 Å². The van der Waals surface area contributed by atoms with E-state index in [0.29, 0.717) is 0 Å². The van der Waals surface area contributed by atoms with E-state index in [2.05, 4.69) is 37.4 Å². The number of hydrogen-bond donors (Lipinski definition) is 1.